The highest BCUT2D eigenvalue weighted by atomic mass is 16.5. The molecule has 1 saturated carbocycles. The number of ether oxygens (including phenoxy) is 1. The number of rotatable bonds is 6. The van der Waals surface area contributed by atoms with Crippen molar-refractivity contribution < 1.29 is 4.74 Å². The van der Waals surface area contributed by atoms with Crippen molar-refractivity contribution in [2.45, 2.75) is 38.3 Å². The standard InChI is InChI=1S/C10H20N2O/c1-3-9(12-11)5-8-6-10(7-8)13-4-2/h3,8-10,12H,1,4-7,11H2,2H3. The summed E-state index contributed by atoms with van der Waals surface area (Å²) in [4.78, 5) is 0. The Labute approximate surface area is 80.3 Å². The minimum absolute atomic E-state index is 0.257. The molecule has 0 aliphatic heterocycles. The van der Waals surface area contributed by atoms with Gasteiger partial charge in [0.15, 0.2) is 0 Å². The van der Waals surface area contributed by atoms with Gasteiger partial charge in [-0.1, -0.05) is 6.08 Å². The van der Waals surface area contributed by atoms with Crippen molar-refractivity contribution in [3.8, 4) is 0 Å². The van der Waals surface area contributed by atoms with Gasteiger partial charge in [0.05, 0.1) is 6.10 Å². The monoisotopic (exact) mass is 184 g/mol. The summed E-state index contributed by atoms with van der Waals surface area (Å²) in [5, 5.41) is 0. The fourth-order valence-electron chi connectivity index (χ4n) is 1.83. The summed E-state index contributed by atoms with van der Waals surface area (Å²) in [7, 11) is 0. The lowest BCUT2D eigenvalue weighted by atomic mass is 9.78. The van der Waals surface area contributed by atoms with Crippen molar-refractivity contribution in [3.05, 3.63) is 12.7 Å². The SMILES string of the molecule is C=CC(CC1CC(OCC)C1)NN. The van der Waals surface area contributed by atoms with Crippen LogP contribution in [-0.2, 0) is 4.74 Å². The van der Waals surface area contributed by atoms with E-state index in [4.69, 9.17) is 10.6 Å². The predicted octanol–water partition coefficient (Wildman–Crippen LogP) is 1.21. The third-order valence-electron chi connectivity index (χ3n) is 2.68. The molecule has 1 rings (SSSR count). The normalized spacial score (nSPS) is 29.4. The van der Waals surface area contributed by atoms with Gasteiger partial charge in [0.25, 0.3) is 0 Å². The first-order valence-corrected chi connectivity index (χ1v) is 5.00. The van der Waals surface area contributed by atoms with Crippen molar-refractivity contribution >= 4 is 0 Å². The van der Waals surface area contributed by atoms with E-state index in [-0.39, 0.29) is 6.04 Å². The number of nitrogens with one attached hydrogen (secondary N) is 1. The van der Waals surface area contributed by atoms with E-state index in [9.17, 15) is 0 Å². The van der Waals surface area contributed by atoms with Crippen LogP contribution in [0.1, 0.15) is 26.2 Å². The Hall–Kier alpha value is -0.380. The van der Waals surface area contributed by atoms with Crippen molar-refractivity contribution in [2.24, 2.45) is 11.8 Å². The van der Waals surface area contributed by atoms with Gasteiger partial charge < -0.3 is 4.74 Å². The Balaban J connectivity index is 2.09. The van der Waals surface area contributed by atoms with Gasteiger partial charge in [-0.3, -0.25) is 11.3 Å². The maximum absolute atomic E-state index is 5.48. The fourth-order valence-corrected chi connectivity index (χ4v) is 1.83. The average molecular weight is 184 g/mol. The number of hydrogen-bond donors (Lipinski definition) is 2. The largest absolute Gasteiger partial charge is 0.378 e. The van der Waals surface area contributed by atoms with Gasteiger partial charge >= 0.3 is 0 Å². The first kappa shape index (κ1) is 10.7. The quantitative estimate of drug-likeness (QED) is 0.370. The van der Waals surface area contributed by atoms with E-state index in [1.54, 1.807) is 0 Å². The van der Waals surface area contributed by atoms with Crippen LogP contribution in [-0.4, -0.2) is 18.8 Å². The van der Waals surface area contributed by atoms with Gasteiger partial charge in [-0.2, -0.15) is 0 Å². The summed E-state index contributed by atoms with van der Waals surface area (Å²) in [6.45, 7) is 6.60. The molecule has 1 fully saturated rings. The Morgan fingerprint density at radius 2 is 2.38 bits per heavy atom. The zero-order chi connectivity index (χ0) is 9.68. The molecule has 0 saturated heterocycles. The molecule has 0 spiro atoms. The van der Waals surface area contributed by atoms with Crippen LogP contribution in [0.4, 0.5) is 0 Å². The van der Waals surface area contributed by atoms with Crippen LogP contribution in [0.25, 0.3) is 0 Å². The van der Waals surface area contributed by atoms with Gasteiger partial charge in [-0.15, -0.1) is 6.58 Å². The highest BCUT2D eigenvalue weighted by Gasteiger charge is 2.30. The van der Waals surface area contributed by atoms with Crippen LogP contribution in [0.5, 0.6) is 0 Å². The molecule has 0 radical (unpaired) electrons. The molecule has 0 heterocycles. The maximum atomic E-state index is 5.48. The third kappa shape index (κ3) is 3.10. The second kappa shape index (κ2) is 5.37. The van der Waals surface area contributed by atoms with E-state index < -0.39 is 0 Å². The van der Waals surface area contributed by atoms with Crippen molar-refractivity contribution in [1.29, 1.82) is 0 Å². The molecular formula is C10H20N2O. The highest BCUT2D eigenvalue weighted by molar-refractivity contribution is 4.90. The molecule has 3 N–H and O–H groups in total. The Morgan fingerprint density at radius 3 is 2.85 bits per heavy atom. The first-order valence-electron chi connectivity index (χ1n) is 5.00. The summed E-state index contributed by atoms with van der Waals surface area (Å²) in [6.07, 6.45) is 5.82. The summed E-state index contributed by atoms with van der Waals surface area (Å²) >= 11 is 0. The maximum Gasteiger partial charge on any atom is 0.0580 e. The van der Waals surface area contributed by atoms with E-state index in [2.05, 4.69) is 12.0 Å². The number of nitrogens with two attached hydrogens (primary N) is 1. The molecule has 3 heteroatoms. The zero-order valence-corrected chi connectivity index (χ0v) is 8.33. The zero-order valence-electron chi connectivity index (χ0n) is 8.33. The molecule has 0 aromatic rings. The minimum Gasteiger partial charge on any atom is -0.378 e. The molecule has 76 valence electrons. The van der Waals surface area contributed by atoms with Crippen molar-refractivity contribution in [1.82, 2.24) is 5.43 Å². The van der Waals surface area contributed by atoms with E-state index in [1.165, 1.54) is 12.8 Å². The molecule has 0 aromatic carbocycles. The fraction of sp³-hybridized carbons (Fsp3) is 0.800. The molecule has 0 aromatic heterocycles. The molecule has 13 heavy (non-hydrogen) atoms. The van der Waals surface area contributed by atoms with Crippen LogP contribution < -0.4 is 11.3 Å². The lowest BCUT2D eigenvalue weighted by Crippen LogP contribution is -2.39. The van der Waals surface area contributed by atoms with Crippen LogP contribution in [0.15, 0.2) is 12.7 Å². The molecule has 1 aliphatic rings. The molecule has 3 nitrogen and oxygen atoms in total. The van der Waals surface area contributed by atoms with Gasteiger partial charge in [0, 0.05) is 12.6 Å². The van der Waals surface area contributed by atoms with Crippen LogP contribution in [0.2, 0.25) is 0 Å². The lowest BCUT2D eigenvalue weighted by molar-refractivity contribution is -0.0279. The summed E-state index contributed by atoms with van der Waals surface area (Å²) in [5.41, 5.74) is 2.74. The van der Waals surface area contributed by atoms with Crippen molar-refractivity contribution in [3.63, 3.8) is 0 Å². The summed E-state index contributed by atoms with van der Waals surface area (Å²) in [5.74, 6) is 6.11. The second-order valence-corrected chi connectivity index (χ2v) is 3.66. The van der Waals surface area contributed by atoms with E-state index in [0.29, 0.717) is 6.10 Å². The third-order valence-corrected chi connectivity index (χ3v) is 2.68. The second-order valence-electron chi connectivity index (χ2n) is 3.66. The smallest absolute Gasteiger partial charge is 0.0580 e. The van der Waals surface area contributed by atoms with E-state index in [1.807, 2.05) is 13.0 Å². The Kier molecular flexibility index (Phi) is 4.42. The Bertz CT molecular complexity index is 155. The van der Waals surface area contributed by atoms with Crippen LogP contribution in [0.3, 0.4) is 0 Å². The van der Waals surface area contributed by atoms with Gasteiger partial charge in [-0.05, 0) is 32.1 Å². The summed E-state index contributed by atoms with van der Waals surface area (Å²) < 4.78 is 5.48. The minimum atomic E-state index is 0.257. The molecule has 0 bridgehead atoms. The molecule has 0 amide bonds. The van der Waals surface area contributed by atoms with Crippen LogP contribution in [0, 0.1) is 5.92 Å². The average Bonchev–Trinajstić information content (AvgIpc) is 2.09. The molecular weight excluding hydrogens is 164 g/mol. The molecule has 1 atom stereocenters. The van der Waals surface area contributed by atoms with E-state index >= 15 is 0 Å². The first-order chi connectivity index (χ1) is 6.30. The van der Waals surface area contributed by atoms with E-state index in [0.717, 1.165) is 18.9 Å². The highest BCUT2D eigenvalue weighted by Crippen LogP contribution is 2.33. The Morgan fingerprint density at radius 1 is 1.69 bits per heavy atom. The molecule has 1 aliphatic carbocycles. The van der Waals surface area contributed by atoms with Crippen LogP contribution >= 0.6 is 0 Å². The van der Waals surface area contributed by atoms with Crippen molar-refractivity contribution in [2.75, 3.05) is 6.61 Å². The van der Waals surface area contributed by atoms with Gasteiger partial charge in [-0.25, -0.2) is 0 Å². The number of hydrazine groups is 1. The number of hydrogen-bond acceptors (Lipinski definition) is 3. The summed E-state index contributed by atoms with van der Waals surface area (Å²) in [6, 6.07) is 0.257. The lowest BCUT2D eigenvalue weighted by Gasteiger charge is -2.36. The van der Waals surface area contributed by atoms with Gasteiger partial charge in [0.1, 0.15) is 0 Å². The predicted molar refractivity (Wildman–Crippen MR) is 54.1 cm³/mol. The van der Waals surface area contributed by atoms with Gasteiger partial charge in [0.2, 0.25) is 0 Å². The topological polar surface area (TPSA) is 47.3 Å². The molecule has 1 unspecified atom stereocenters.